The Morgan fingerprint density at radius 1 is 0.913 bits per heavy atom. The van der Waals surface area contributed by atoms with Crippen molar-refractivity contribution < 1.29 is 30.0 Å². The number of esters is 1. The molecule has 0 unspecified atom stereocenters. The maximum Gasteiger partial charge on any atom is 0.334 e. The van der Waals surface area contributed by atoms with Crippen molar-refractivity contribution in [3.8, 4) is 23.0 Å². The molecule has 3 rings (SSSR count). The Morgan fingerprint density at radius 3 is 2.22 bits per heavy atom. The van der Waals surface area contributed by atoms with Crippen molar-refractivity contribution in [2.45, 2.75) is 12.5 Å². The normalized spacial score (nSPS) is 19.0. The van der Waals surface area contributed by atoms with Gasteiger partial charge < -0.3 is 25.2 Å². The lowest BCUT2D eigenvalue weighted by molar-refractivity contribution is -0.139. The van der Waals surface area contributed by atoms with E-state index in [4.69, 9.17) is 4.74 Å². The van der Waals surface area contributed by atoms with Gasteiger partial charge in [-0.05, 0) is 41.5 Å². The number of phenols is 4. The van der Waals surface area contributed by atoms with Gasteiger partial charge in [0.25, 0.3) is 0 Å². The van der Waals surface area contributed by atoms with E-state index in [-0.39, 0.29) is 23.0 Å². The van der Waals surface area contributed by atoms with E-state index in [0.717, 1.165) is 0 Å². The van der Waals surface area contributed by atoms with Gasteiger partial charge in [-0.15, -0.1) is 0 Å². The molecule has 1 heterocycles. The molecule has 0 spiro atoms. The van der Waals surface area contributed by atoms with Crippen molar-refractivity contribution in [1.82, 2.24) is 0 Å². The van der Waals surface area contributed by atoms with Gasteiger partial charge in [-0.3, -0.25) is 0 Å². The molecule has 0 bridgehead atoms. The summed E-state index contributed by atoms with van der Waals surface area (Å²) in [4.78, 5) is 12.0. The largest absolute Gasteiger partial charge is 0.504 e. The molecule has 0 amide bonds. The van der Waals surface area contributed by atoms with Gasteiger partial charge in [0.15, 0.2) is 23.0 Å². The molecule has 4 N–H and O–H groups in total. The fourth-order valence-electron chi connectivity index (χ4n) is 2.41. The number of aromatic hydroxyl groups is 4. The summed E-state index contributed by atoms with van der Waals surface area (Å²) in [5.74, 6) is -1.52. The topological polar surface area (TPSA) is 107 Å². The van der Waals surface area contributed by atoms with Gasteiger partial charge in [0.2, 0.25) is 0 Å². The van der Waals surface area contributed by atoms with Crippen LogP contribution in [0.15, 0.2) is 42.0 Å². The Hall–Kier alpha value is -3.15. The second-order valence-corrected chi connectivity index (χ2v) is 5.26. The van der Waals surface area contributed by atoms with Gasteiger partial charge in [0, 0.05) is 12.0 Å². The predicted octanol–water partition coefficient (Wildman–Crippen LogP) is 2.58. The number of carbonyl (C=O) groups is 1. The predicted molar refractivity (Wildman–Crippen MR) is 81.0 cm³/mol. The lowest BCUT2D eigenvalue weighted by Gasteiger charge is -2.09. The Labute approximate surface area is 131 Å². The number of carbonyl (C=O) groups excluding carboxylic acids is 1. The van der Waals surface area contributed by atoms with E-state index in [2.05, 4.69) is 0 Å². The summed E-state index contributed by atoms with van der Waals surface area (Å²) in [5, 5.41) is 37.6. The Kier molecular flexibility index (Phi) is 3.57. The average Bonchev–Trinajstić information content (AvgIpc) is 2.87. The zero-order valence-corrected chi connectivity index (χ0v) is 11.9. The summed E-state index contributed by atoms with van der Waals surface area (Å²) >= 11 is 0. The van der Waals surface area contributed by atoms with Crippen molar-refractivity contribution in [3.63, 3.8) is 0 Å². The van der Waals surface area contributed by atoms with E-state index in [1.807, 2.05) is 0 Å². The first kappa shape index (κ1) is 14.8. The highest BCUT2D eigenvalue weighted by Crippen LogP contribution is 2.37. The molecule has 0 saturated carbocycles. The summed E-state index contributed by atoms with van der Waals surface area (Å²) in [5.41, 5.74) is 1.54. The molecule has 1 saturated heterocycles. The second-order valence-electron chi connectivity index (χ2n) is 5.26. The van der Waals surface area contributed by atoms with Crippen LogP contribution < -0.4 is 0 Å². The third-order valence-corrected chi connectivity index (χ3v) is 3.63. The van der Waals surface area contributed by atoms with E-state index >= 15 is 0 Å². The van der Waals surface area contributed by atoms with E-state index in [9.17, 15) is 25.2 Å². The zero-order chi connectivity index (χ0) is 16.6. The van der Waals surface area contributed by atoms with Crippen LogP contribution in [-0.4, -0.2) is 26.4 Å². The summed E-state index contributed by atoms with van der Waals surface area (Å²) in [6, 6.07) is 8.49. The van der Waals surface area contributed by atoms with Crippen LogP contribution in [0.3, 0.4) is 0 Å². The highest BCUT2D eigenvalue weighted by Gasteiger charge is 2.30. The fraction of sp³-hybridized carbons (Fsp3) is 0.118. The van der Waals surface area contributed by atoms with Crippen molar-refractivity contribution in [2.24, 2.45) is 0 Å². The zero-order valence-electron chi connectivity index (χ0n) is 11.9. The van der Waals surface area contributed by atoms with Crippen LogP contribution in [0.5, 0.6) is 23.0 Å². The number of phenolic OH excluding ortho intramolecular Hbond substituents is 4. The van der Waals surface area contributed by atoms with E-state index < -0.39 is 12.1 Å². The number of cyclic esters (lactones) is 1. The number of ether oxygens (including phenoxy) is 1. The maximum atomic E-state index is 12.0. The molecular weight excluding hydrogens is 300 g/mol. The van der Waals surface area contributed by atoms with Crippen LogP contribution in [0.25, 0.3) is 6.08 Å². The molecule has 118 valence electrons. The fourth-order valence-corrected chi connectivity index (χ4v) is 2.41. The van der Waals surface area contributed by atoms with Crippen LogP contribution in [0.1, 0.15) is 23.7 Å². The van der Waals surface area contributed by atoms with Crippen LogP contribution in [0.4, 0.5) is 0 Å². The third-order valence-electron chi connectivity index (χ3n) is 3.63. The first-order valence-corrected chi connectivity index (χ1v) is 6.89. The minimum absolute atomic E-state index is 0.237. The molecule has 23 heavy (non-hydrogen) atoms. The van der Waals surface area contributed by atoms with Crippen LogP contribution >= 0.6 is 0 Å². The van der Waals surface area contributed by atoms with Crippen LogP contribution in [-0.2, 0) is 9.53 Å². The monoisotopic (exact) mass is 314 g/mol. The average molecular weight is 314 g/mol. The Bertz CT molecular complexity index is 809. The molecule has 0 radical (unpaired) electrons. The molecule has 6 heteroatoms. The van der Waals surface area contributed by atoms with Gasteiger partial charge in [-0.25, -0.2) is 4.79 Å². The summed E-state index contributed by atoms with van der Waals surface area (Å²) in [6.07, 6.45) is 1.32. The van der Waals surface area contributed by atoms with Crippen molar-refractivity contribution in [3.05, 3.63) is 53.1 Å². The lowest BCUT2D eigenvalue weighted by Crippen LogP contribution is -1.98. The quantitative estimate of drug-likeness (QED) is 0.385. The number of benzene rings is 2. The van der Waals surface area contributed by atoms with Crippen molar-refractivity contribution >= 4 is 12.0 Å². The molecular formula is C17H14O6. The molecule has 1 aliphatic heterocycles. The first-order chi connectivity index (χ1) is 10.9. The number of rotatable bonds is 2. The first-order valence-electron chi connectivity index (χ1n) is 6.89. The summed E-state index contributed by atoms with van der Waals surface area (Å²) in [7, 11) is 0. The molecule has 1 atom stereocenters. The molecule has 0 aromatic heterocycles. The molecule has 6 nitrogen and oxygen atoms in total. The highest BCUT2D eigenvalue weighted by molar-refractivity contribution is 5.95. The van der Waals surface area contributed by atoms with Crippen LogP contribution in [0.2, 0.25) is 0 Å². The van der Waals surface area contributed by atoms with Crippen molar-refractivity contribution in [1.29, 1.82) is 0 Å². The van der Waals surface area contributed by atoms with Gasteiger partial charge in [0.05, 0.1) is 0 Å². The van der Waals surface area contributed by atoms with E-state index in [1.165, 1.54) is 24.3 Å². The molecule has 1 aliphatic rings. The van der Waals surface area contributed by atoms with Crippen LogP contribution in [0, 0.1) is 0 Å². The van der Waals surface area contributed by atoms with Gasteiger partial charge in [-0.2, -0.15) is 0 Å². The van der Waals surface area contributed by atoms with Gasteiger partial charge >= 0.3 is 5.97 Å². The smallest absolute Gasteiger partial charge is 0.334 e. The lowest BCUT2D eigenvalue weighted by atomic mass is 10.0. The van der Waals surface area contributed by atoms with Gasteiger partial charge in [-0.1, -0.05) is 12.1 Å². The molecule has 2 aromatic rings. The number of hydrogen-bond donors (Lipinski definition) is 4. The Morgan fingerprint density at radius 2 is 1.57 bits per heavy atom. The summed E-state index contributed by atoms with van der Waals surface area (Å²) in [6.45, 7) is 0. The molecule has 2 aromatic carbocycles. The van der Waals surface area contributed by atoms with Crippen molar-refractivity contribution in [2.75, 3.05) is 0 Å². The van der Waals surface area contributed by atoms with E-state index in [1.54, 1.807) is 18.2 Å². The SMILES string of the molecule is O=C1O[C@H](c2ccc(O)c(O)c2)C/C1=C\c1ccc(O)c(O)c1. The highest BCUT2D eigenvalue weighted by atomic mass is 16.5. The minimum Gasteiger partial charge on any atom is -0.504 e. The maximum absolute atomic E-state index is 12.0. The second kappa shape index (κ2) is 5.57. The third kappa shape index (κ3) is 2.91. The minimum atomic E-state index is -0.550. The molecule has 0 aliphatic carbocycles. The summed E-state index contributed by atoms with van der Waals surface area (Å²) < 4.78 is 5.27. The Balaban J connectivity index is 1.85. The number of hydrogen-bond acceptors (Lipinski definition) is 6. The van der Waals surface area contributed by atoms with E-state index in [0.29, 0.717) is 23.1 Å². The molecule has 1 fully saturated rings. The standard InChI is InChI=1S/C17H14O6/c18-12-3-1-9(6-14(12)20)5-11-8-16(23-17(11)22)10-2-4-13(19)15(21)7-10/h1-7,16,18-21H,8H2/b11-5+/t16-/m0/s1. The van der Waals surface area contributed by atoms with Gasteiger partial charge in [0.1, 0.15) is 6.10 Å².